The maximum Gasteiger partial charge on any atom is 0.283 e. The van der Waals surface area contributed by atoms with Crippen molar-refractivity contribution in [2.45, 2.75) is 52.0 Å². The number of halogens is 2. The van der Waals surface area contributed by atoms with E-state index in [-0.39, 0.29) is 17.5 Å². The largest absolute Gasteiger partial charge is 0.390 e. The number of piperidine rings is 1. The standard InChI is InChI=1S/C15H30F2N2O/c1-13(2,3)19-8-6-14(4,7-9-19)10-18(5)11-15(16,17)12-20/h20H,6-12H2,1-5H3. The maximum atomic E-state index is 13.2. The van der Waals surface area contributed by atoms with E-state index < -0.39 is 12.5 Å². The van der Waals surface area contributed by atoms with Gasteiger partial charge in [0.25, 0.3) is 5.92 Å². The summed E-state index contributed by atoms with van der Waals surface area (Å²) in [6.07, 6.45) is 2.05. The molecule has 5 heteroatoms. The van der Waals surface area contributed by atoms with Crippen LogP contribution in [-0.4, -0.2) is 66.2 Å². The second-order valence-corrected chi connectivity index (χ2v) is 7.65. The van der Waals surface area contributed by atoms with Crippen molar-refractivity contribution in [1.29, 1.82) is 0 Å². The third kappa shape index (κ3) is 5.26. The molecular weight excluding hydrogens is 262 g/mol. The molecule has 20 heavy (non-hydrogen) atoms. The monoisotopic (exact) mass is 292 g/mol. The zero-order valence-electron chi connectivity index (χ0n) is 13.5. The highest BCUT2D eigenvalue weighted by Crippen LogP contribution is 2.34. The first-order chi connectivity index (χ1) is 8.97. The van der Waals surface area contributed by atoms with Gasteiger partial charge in [0.15, 0.2) is 0 Å². The van der Waals surface area contributed by atoms with Crippen molar-refractivity contribution >= 4 is 0 Å². The van der Waals surface area contributed by atoms with E-state index in [1.54, 1.807) is 11.9 Å². The van der Waals surface area contributed by atoms with Crippen molar-refractivity contribution in [3.05, 3.63) is 0 Å². The number of aliphatic hydroxyl groups excluding tert-OH is 1. The van der Waals surface area contributed by atoms with E-state index in [0.29, 0.717) is 6.54 Å². The van der Waals surface area contributed by atoms with Gasteiger partial charge < -0.3 is 5.11 Å². The molecule has 1 fully saturated rings. The summed E-state index contributed by atoms with van der Waals surface area (Å²) in [5.74, 6) is -3.00. The summed E-state index contributed by atoms with van der Waals surface area (Å²) in [5.41, 5.74) is 0.263. The Balaban J connectivity index is 2.49. The Morgan fingerprint density at radius 2 is 1.70 bits per heavy atom. The van der Waals surface area contributed by atoms with E-state index in [1.165, 1.54) is 0 Å². The summed E-state index contributed by atoms with van der Waals surface area (Å²) >= 11 is 0. The lowest BCUT2D eigenvalue weighted by molar-refractivity contribution is -0.0760. The van der Waals surface area contributed by atoms with Crippen LogP contribution in [0.4, 0.5) is 8.78 Å². The van der Waals surface area contributed by atoms with Gasteiger partial charge in [-0.3, -0.25) is 9.80 Å². The summed E-state index contributed by atoms with van der Waals surface area (Å²) in [4.78, 5) is 4.11. The number of alkyl halides is 2. The van der Waals surface area contributed by atoms with Gasteiger partial charge in [-0.25, -0.2) is 8.78 Å². The molecule has 0 saturated carbocycles. The summed E-state index contributed by atoms with van der Waals surface area (Å²) < 4.78 is 26.4. The highest BCUT2D eigenvalue weighted by Gasteiger charge is 2.37. The third-order valence-corrected chi connectivity index (χ3v) is 4.30. The van der Waals surface area contributed by atoms with E-state index in [2.05, 4.69) is 32.6 Å². The van der Waals surface area contributed by atoms with Gasteiger partial charge >= 0.3 is 0 Å². The van der Waals surface area contributed by atoms with Gasteiger partial charge in [0.1, 0.15) is 6.61 Å². The quantitative estimate of drug-likeness (QED) is 0.843. The van der Waals surface area contributed by atoms with Gasteiger partial charge in [-0.1, -0.05) is 6.92 Å². The van der Waals surface area contributed by atoms with Crippen molar-refractivity contribution in [2.24, 2.45) is 5.41 Å². The van der Waals surface area contributed by atoms with Crippen LogP contribution < -0.4 is 0 Å². The minimum absolute atomic E-state index is 0.0854. The maximum absolute atomic E-state index is 13.2. The van der Waals surface area contributed by atoms with Crippen LogP contribution in [0.25, 0.3) is 0 Å². The minimum Gasteiger partial charge on any atom is -0.390 e. The smallest absolute Gasteiger partial charge is 0.283 e. The average molecular weight is 292 g/mol. The fourth-order valence-electron chi connectivity index (χ4n) is 3.03. The molecule has 0 unspecified atom stereocenters. The molecule has 1 heterocycles. The highest BCUT2D eigenvalue weighted by molar-refractivity contribution is 4.89. The van der Waals surface area contributed by atoms with Gasteiger partial charge in [-0.15, -0.1) is 0 Å². The van der Waals surface area contributed by atoms with Crippen LogP contribution in [0.15, 0.2) is 0 Å². The van der Waals surface area contributed by atoms with E-state index in [4.69, 9.17) is 5.11 Å². The SMILES string of the molecule is CN(CC(F)(F)CO)CC1(C)CCN(C(C)(C)C)CC1. The van der Waals surface area contributed by atoms with Crippen LogP contribution in [0, 0.1) is 5.41 Å². The zero-order valence-corrected chi connectivity index (χ0v) is 13.5. The first kappa shape index (κ1) is 17.8. The molecule has 1 N–H and O–H groups in total. The Morgan fingerprint density at radius 3 is 2.10 bits per heavy atom. The predicted molar refractivity (Wildman–Crippen MR) is 78.2 cm³/mol. The van der Waals surface area contributed by atoms with Crippen molar-refractivity contribution in [3.8, 4) is 0 Å². The van der Waals surface area contributed by atoms with Crippen molar-refractivity contribution in [3.63, 3.8) is 0 Å². The van der Waals surface area contributed by atoms with Crippen LogP contribution in [0.3, 0.4) is 0 Å². The predicted octanol–water partition coefficient (Wildman–Crippen LogP) is 2.45. The van der Waals surface area contributed by atoms with Gasteiger partial charge in [-0.2, -0.15) is 0 Å². The number of nitrogens with zero attached hydrogens (tertiary/aromatic N) is 2. The van der Waals surface area contributed by atoms with Gasteiger partial charge in [0.2, 0.25) is 0 Å². The molecule has 0 aromatic carbocycles. The number of aliphatic hydroxyl groups is 1. The molecule has 0 aromatic heterocycles. The second-order valence-electron chi connectivity index (χ2n) is 7.65. The topological polar surface area (TPSA) is 26.7 Å². The summed E-state index contributed by atoms with van der Waals surface area (Å²) in [7, 11) is 1.71. The van der Waals surface area contributed by atoms with Crippen LogP contribution in [0.5, 0.6) is 0 Å². The lowest BCUT2D eigenvalue weighted by Crippen LogP contribution is -2.51. The normalized spacial score (nSPS) is 21.4. The summed E-state index contributed by atoms with van der Waals surface area (Å²) in [6.45, 7) is 10.1. The van der Waals surface area contributed by atoms with Gasteiger partial charge in [0, 0.05) is 12.1 Å². The molecular formula is C15H30F2N2O. The molecule has 0 spiro atoms. The molecule has 1 aliphatic heterocycles. The fraction of sp³-hybridized carbons (Fsp3) is 1.00. The molecule has 0 amide bonds. The molecule has 120 valence electrons. The van der Waals surface area contributed by atoms with Crippen LogP contribution in [-0.2, 0) is 0 Å². The Hall–Kier alpha value is -0.260. The molecule has 0 aliphatic carbocycles. The number of likely N-dealkylation sites (tertiary alicyclic amines) is 1. The Kier molecular flexibility index (Phi) is 5.55. The Morgan fingerprint density at radius 1 is 1.20 bits per heavy atom. The van der Waals surface area contributed by atoms with E-state index in [0.717, 1.165) is 25.9 Å². The Bertz CT molecular complexity index is 307. The van der Waals surface area contributed by atoms with Crippen LogP contribution in [0.2, 0.25) is 0 Å². The summed E-state index contributed by atoms with van der Waals surface area (Å²) in [5, 5.41) is 8.65. The van der Waals surface area contributed by atoms with Crippen molar-refractivity contribution in [2.75, 3.05) is 39.8 Å². The average Bonchev–Trinajstić information content (AvgIpc) is 2.26. The molecule has 0 aromatic rings. The molecule has 1 saturated heterocycles. The van der Waals surface area contributed by atoms with Crippen LogP contribution >= 0.6 is 0 Å². The molecule has 0 radical (unpaired) electrons. The first-order valence-corrected chi connectivity index (χ1v) is 7.40. The summed E-state index contributed by atoms with van der Waals surface area (Å²) in [6, 6.07) is 0. The minimum atomic E-state index is -3.00. The number of hydrogen-bond acceptors (Lipinski definition) is 3. The number of hydrogen-bond donors (Lipinski definition) is 1. The third-order valence-electron chi connectivity index (χ3n) is 4.30. The molecule has 0 bridgehead atoms. The van der Waals surface area contributed by atoms with Crippen LogP contribution in [0.1, 0.15) is 40.5 Å². The molecule has 0 atom stereocenters. The van der Waals surface area contributed by atoms with Crippen molar-refractivity contribution < 1.29 is 13.9 Å². The van der Waals surface area contributed by atoms with E-state index >= 15 is 0 Å². The lowest BCUT2D eigenvalue weighted by atomic mass is 9.79. The molecule has 1 rings (SSSR count). The molecule has 3 nitrogen and oxygen atoms in total. The fourth-order valence-corrected chi connectivity index (χ4v) is 3.03. The van der Waals surface area contributed by atoms with Gasteiger partial charge in [0.05, 0.1) is 6.54 Å². The van der Waals surface area contributed by atoms with E-state index in [1.807, 2.05) is 0 Å². The lowest BCUT2D eigenvalue weighted by Gasteiger charge is -2.46. The number of rotatable bonds is 5. The first-order valence-electron chi connectivity index (χ1n) is 7.40. The Labute approximate surface area is 121 Å². The van der Waals surface area contributed by atoms with Crippen molar-refractivity contribution in [1.82, 2.24) is 9.80 Å². The second kappa shape index (κ2) is 6.24. The van der Waals surface area contributed by atoms with E-state index in [9.17, 15) is 8.78 Å². The molecule has 1 aliphatic rings. The zero-order chi connectivity index (χ0) is 15.6. The highest BCUT2D eigenvalue weighted by atomic mass is 19.3. The van der Waals surface area contributed by atoms with Gasteiger partial charge in [-0.05, 0) is 59.2 Å².